The predicted octanol–water partition coefficient (Wildman–Crippen LogP) is 3.05. The quantitative estimate of drug-likeness (QED) is 0.829. The lowest BCUT2D eigenvalue weighted by molar-refractivity contribution is 0.000440. The van der Waals surface area contributed by atoms with Crippen LogP contribution in [0.25, 0.3) is 0 Å². The summed E-state index contributed by atoms with van der Waals surface area (Å²) in [7, 11) is 0. The number of para-hydroxylation sites is 2. The first-order valence-electron chi connectivity index (χ1n) is 6.49. The number of hydrogen-bond acceptors (Lipinski definition) is 3. The molecule has 96 valence electrons. The van der Waals surface area contributed by atoms with Crippen molar-refractivity contribution in [3.05, 3.63) is 24.3 Å². The Morgan fingerprint density at radius 1 is 1.17 bits per heavy atom. The van der Waals surface area contributed by atoms with Gasteiger partial charge in [-0.05, 0) is 37.8 Å². The Bertz CT molecular complexity index is 466. The van der Waals surface area contributed by atoms with Gasteiger partial charge in [0.15, 0.2) is 0 Å². The Kier molecular flexibility index (Phi) is 2.65. The highest BCUT2D eigenvalue weighted by molar-refractivity contribution is 5.90. The first-order chi connectivity index (χ1) is 8.70. The summed E-state index contributed by atoms with van der Waals surface area (Å²) in [5.41, 5.74) is 0.313. The molecule has 1 N–H and O–H groups in total. The standard InChI is InChI=1S/C14H17NO3/c16-12-6-2-1-5-11(12)15-10-9-14(18-13(15)17)7-3-4-8-14/h1-2,5-6,16H,3-4,7-10H2. The smallest absolute Gasteiger partial charge is 0.414 e. The molecule has 1 aromatic carbocycles. The van der Waals surface area contributed by atoms with Crippen molar-refractivity contribution in [1.29, 1.82) is 0 Å². The van der Waals surface area contributed by atoms with Gasteiger partial charge in [0.25, 0.3) is 0 Å². The molecule has 2 aliphatic rings. The summed E-state index contributed by atoms with van der Waals surface area (Å²) in [5.74, 6) is 0.122. The van der Waals surface area contributed by atoms with E-state index in [0.717, 1.165) is 32.1 Å². The third kappa shape index (κ3) is 1.82. The monoisotopic (exact) mass is 247 g/mol. The zero-order valence-electron chi connectivity index (χ0n) is 10.3. The van der Waals surface area contributed by atoms with Crippen LogP contribution in [0.5, 0.6) is 5.75 Å². The van der Waals surface area contributed by atoms with Crippen LogP contribution in [0.3, 0.4) is 0 Å². The van der Waals surface area contributed by atoms with Gasteiger partial charge in [0.1, 0.15) is 11.4 Å². The number of nitrogens with zero attached hydrogens (tertiary/aromatic N) is 1. The summed E-state index contributed by atoms with van der Waals surface area (Å²) in [5, 5.41) is 9.79. The van der Waals surface area contributed by atoms with Crippen LogP contribution in [-0.4, -0.2) is 23.3 Å². The van der Waals surface area contributed by atoms with Crippen molar-refractivity contribution < 1.29 is 14.6 Å². The minimum atomic E-state index is -0.329. The van der Waals surface area contributed by atoms with Gasteiger partial charge in [0.05, 0.1) is 5.69 Å². The van der Waals surface area contributed by atoms with Gasteiger partial charge in [-0.25, -0.2) is 4.79 Å². The number of ether oxygens (including phenoxy) is 1. The summed E-state index contributed by atoms with van der Waals surface area (Å²) in [6.07, 6.45) is 4.77. The molecule has 1 amide bonds. The molecule has 1 saturated heterocycles. The molecule has 1 aromatic rings. The van der Waals surface area contributed by atoms with Crippen LogP contribution in [-0.2, 0) is 4.74 Å². The third-order valence-corrected chi connectivity index (χ3v) is 4.00. The Labute approximate surface area is 106 Å². The lowest BCUT2D eigenvalue weighted by Gasteiger charge is -2.38. The van der Waals surface area contributed by atoms with Crippen molar-refractivity contribution in [2.24, 2.45) is 0 Å². The number of amides is 1. The number of anilines is 1. The second-order valence-electron chi connectivity index (χ2n) is 5.15. The van der Waals surface area contributed by atoms with Crippen molar-refractivity contribution in [2.45, 2.75) is 37.7 Å². The molecule has 1 aliphatic heterocycles. The summed E-state index contributed by atoms with van der Waals surface area (Å²) in [6, 6.07) is 6.88. The van der Waals surface area contributed by atoms with Gasteiger partial charge in [0, 0.05) is 13.0 Å². The van der Waals surface area contributed by atoms with Crippen LogP contribution in [0, 0.1) is 0 Å². The normalized spacial score (nSPS) is 22.2. The summed E-state index contributed by atoms with van der Waals surface area (Å²) >= 11 is 0. The topological polar surface area (TPSA) is 49.8 Å². The maximum absolute atomic E-state index is 12.1. The SMILES string of the molecule is O=C1OC2(CCCC2)CCN1c1ccccc1O. The van der Waals surface area contributed by atoms with E-state index in [0.29, 0.717) is 12.2 Å². The van der Waals surface area contributed by atoms with Crippen LogP contribution in [0.15, 0.2) is 24.3 Å². The van der Waals surface area contributed by atoms with E-state index in [9.17, 15) is 9.90 Å². The third-order valence-electron chi connectivity index (χ3n) is 4.00. The number of rotatable bonds is 1. The number of phenolic OH excluding ortho intramolecular Hbond substituents is 1. The Morgan fingerprint density at radius 3 is 2.56 bits per heavy atom. The summed E-state index contributed by atoms with van der Waals surface area (Å²) in [4.78, 5) is 13.6. The fraction of sp³-hybridized carbons (Fsp3) is 0.500. The number of hydrogen-bond donors (Lipinski definition) is 1. The molecule has 3 rings (SSSR count). The molecule has 1 heterocycles. The average Bonchev–Trinajstić information content (AvgIpc) is 2.79. The van der Waals surface area contributed by atoms with Crippen molar-refractivity contribution in [3.63, 3.8) is 0 Å². The number of aromatic hydroxyl groups is 1. The van der Waals surface area contributed by atoms with Gasteiger partial charge in [-0.2, -0.15) is 0 Å². The molecule has 18 heavy (non-hydrogen) atoms. The molecule has 1 aliphatic carbocycles. The number of carbonyl (C=O) groups is 1. The molecule has 2 fully saturated rings. The zero-order valence-corrected chi connectivity index (χ0v) is 10.3. The molecule has 1 spiro atoms. The number of carbonyl (C=O) groups excluding carboxylic acids is 1. The Balaban J connectivity index is 1.81. The average molecular weight is 247 g/mol. The molecule has 0 atom stereocenters. The first kappa shape index (κ1) is 11.4. The number of phenols is 1. The molecule has 0 unspecified atom stereocenters. The van der Waals surface area contributed by atoms with E-state index >= 15 is 0 Å². The van der Waals surface area contributed by atoms with Gasteiger partial charge in [-0.15, -0.1) is 0 Å². The van der Waals surface area contributed by atoms with Gasteiger partial charge < -0.3 is 9.84 Å². The summed E-state index contributed by atoms with van der Waals surface area (Å²) < 4.78 is 5.63. The molecule has 0 aromatic heterocycles. The maximum atomic E-state index is 12.1. The molecule has 4 heteroatoms. The minimum absolute atomic E-state index is 0.122. The van der Waals surface area contributed by atoms with Crippen LogP contribution in [0.1, 0.15) is 32.1 Å². The highest BCUT2D eigenvalue weighted by Gasteiger charge is 2.43. The van der Waals surface area contributed by atoms with E-state index in [1.165, 1.54) is 4.90 Å². The highest BCUT2D eigenvalue weighted by atomic mass is 16.6. The van der Waals surface area contributed by atoms with Crippen molar-refractivity contribution in [1.82, 2.24) is 0 Å². The van der Waals surface area contributed by atoms with E-state index < -0.39 is 0 Å². The van der Waals surface area contributed by atoms with Crippen molar-refractivity contribution >= 4 is 11.8 Å². The van der Waals surface area contributed by atoms with E-state index in [2.05, 4.69) is 0 Å². The largest absolute Gasteiger partial charge is 0.506 e. The van der Waals surface area contributed by atoms with E-state index in [1.807, 2.05) is 6.07 Å². The molecule has 0 radical (unpaired) electrons. The van der Waals surface area contributed by atoms with Gasteiger partial charge >= 0.3 is 6.09 Å². The molecular weight excluding hydrogens is 230 g/mol. The van der Waals surface area contributed by atoms with Crippen LogP contribution >= 0.6 is 0 Å². The summed E-state index contributed by atoms with van der Waals surface area (Å²) in [6.45, 7) is 0.621. The Hall–Kier alpha value is -1.71. The van der Waals surface area contributed by atoms with E-state index in [1.54, 1.807) is 18.2 Å². The van der Waals surface area contributed by atoms with Crippen LogP contribution in [0.4, 0.5) is 10.5 Å². The number of benzene rings is 1. The molecule has 4 nitrogen and oxygen atoms in total. The maximum Gasteiger partial charge on any atom is 0.414 e. The van der Waals surface area contributed by atoms with Crippen molar-refractivity contribution in [3.8, 4) is 5.75 Å². The highest BCUT2D eigenvalue weighted by Crippen LogP contribution is 2.41. The minimum Gasteiger partial charge on any atom is -0.506 e. The molecular formula is C14H17NO3. The van der Waals surface area contributed by atoms with Gasteiger partial charge in [0.2, 0.25) is 0 Å². The zero-order chi connectivity index (χ0) is 12.6. The van der Waals surface area contributed by atoms with Gasteiger partial charge in [-0.3, -0.25) is 4.90 Å². The van der Waals surface area contributed by atoms with Gasteiger partial charge in [-0.1, -0.05) is 12.1 Å². The second-order valence-corrected chi connectivity index (χ2v) is 5.15. The van der Waals surface area contributed by atoms with Crippen LogP contribution in [0.2, 0.25) is 0 Å². The van der Waals surface area contributed by atoms with Crippen LogP contribution < -0.4 is 4.90 Å². The Morgan fingerprint density at radius 2 is 1.89 bits per heavy atom. The molecule has 1 saturated carbocycles. The van der Waals surface area contributed by atoms with Crippen molar-refractivity contribution in [2.75, 3.05) is 11.4 Å². The lowest BCUT2D eigenvalue weighted by atomic mass is 9.96. The lowest BCUT2D eigenvalue weighted by Crippen LogP contribution is -2.48. The first-order valence-corrected chi connectivity index (χ1v) is 6.49. The second kappa shape index (κ2) is 4.19. The van der Waals surface area contributed by atoms with E-state index in [4.69, 9.17) is 4.74 Å². The molecule has 0 bridgehead atoms. The van der Waals surface area contributed by atoms with E-state index in [-0.39, 0.29) is 17.4 Å². The predicted molar refractivity (Wildman–Crippen MR) is 67.7 cm³/mol. The fourth-order valence-electron chi connectivity index (χ4n) is 2.98. The fourth-order valence-corrected chi connectivity index (χ4v) is 2.98.